The van der Waals surface area contributed by atoms with E-state index >= 15 is 0 Å². The molecule has 2 bridgehead atoms. The summed E-state index contributed by atoms with van der Waals surface area (Å²) in [7, 11) is 0. The van der Waals surface area contributed by atoms with Gasteiger partial charge in [0.15, 0.2) is 0 Å². The molecule has 0 aromatic carbocycles. The molecule has 1 aliphatic carbocycles. The maximum absolute atomic E-state index is 6.38. The van der Waals surface area contributed by atoms with Gasteiger partial charge in [0.2, 0.25) is 0 Å². The molecule has 3 nitrogen and oxygen atoms in total. The Kier molecular flexibility index (Phi) is 2.91. The van der Waals surface area contributed by atoms with Crippen molar-refractivity contribution in [2.45, 2.75) is 68.8 Å². The molecule has 19 heavy (non-hydrogen) atoms. The van der Waals surface area contributed by atoms with E-state index in [0.717, 1.165) is 25.7 Å². The van der Waals surface area contributed by atoms with Crippen LogP contribution in [0.2, 0.25) is 0 Å². The molecular weight excluding hydrogens is 258 g/mol. The van der Waals surface area contributed by atoms with Crippen LogP contribution in [0.3, 0.4) is 0 Å². The molecule has 2 saturated heterocycles. The number of rotatable bonds is 1. The van der Waals surface area contributed by atoms with Crippen molar-refractivity contribution in [2.75, 3.05) is 4.90 Å². The van der Waals surface area contributed by atoms with E-state index in [1.807, 2.05) is 0 Å². The van der Waals surface area contributed by atoms with Crippen LogP contribution in [-0.4, -0.2) is 27.4 Å². The van der Waals surface area contributed by atoms with E-state index in [2.05, 4.69) is 14.9 Å². The van der Waals surface area contributed by atoms with Gasteiger partial charge in [-0.2, -0.15) is 0 Å². The van der Waals surface area contributed by atoms with Gasteiger partial charge in [-0.05, 0) is 51.4 Å². The van der Waals surface area contributed by atoms with Crippen LogP contribution >= 0.6 is 11.6 Å². The number of fused-ring (bicyclic) bond motifs is 3. The lowest BCUT2D eigenvalue weighted by molar-refractivity contribution is 0.467. The van der Waals surface area contributed by atoms with Gasteiger partial charge in [0.25, 0.3) is 0 Å². The van der Waals surface area contributed by atoms with Crippen LogP contribution in [0.25, 0.3) is 0 Å². The summed E-state index contributed by atoms with van der Waals surface area (Å²) in [5.41, 5.74) is 2.72. The molecular formula is C15H20ClN3. The fourth-order valence-electron chi connectivity index (χ4n) is 4.18. The van der Waals surface area contributed by atoms with E-state index in [4.69, 9.17) is 11.6 Å². The summed E-state index contributed by atoms with van der Waals surface area (Å²) in [6.07, 6.45) is 11.4. The van der Waals surface area contributed by atoms with Crippen molar-refractivity contribution in [1.29, 1.82) is 0 Å². The Balaban J connectivity index is 1.73. The van der Waals surface area contributed by atoms with Crippen molar-refractivity contribution < 1.29 is 0 Å². The standard InChI is InChI=1S/C15H20ClN3/c16-10-7-11-5-6-12(8-10)19(11)15-13-3-1-2-4-14(13)17-9-18-15/h9-12H,1-8H2. The predicted molar refractivity (Wildman–Crippen MR) is 76.8 cm³/mol. The van der Waals surface area contributed by atoms with Crippen molar-refractivity contribution in [2.24, 2.45) is 0 Å². The highest BCUT2D eigenvalue weighted by atomic mass is 35.5. The molecule has 1 aromatic rings. The highest BCUT2D eigenvalue weighted by Crippen LogP contribution is 2.42. The van der Waals surface area contributed by atoms with Gasteiger partial charge in [-0.1, -0.05) is 0 Å². The predicted octanol–water partition coefficient (Wildman–Crippen LogP) is 3.09. The molecule has 4 heteroatoms. The zero-order chi connectivity index (χ0) is 12.8. The minimum Gasteiger partial charge on any atom is -0.350 e. The fourth-order valence-corrected chi connectivity index (χ4v) is 4.59. The van der Waals surface area contributed by atoms with Crippen LogP contribution in [0.5, 0.6) is 0 Å². The normalized spacial score (nSPS) is 33.3. The molecule has 102 valence electrons. The molecule has 2 unspecified atom stereocenters. The minimum absolute atomic E-state index is 0.367. The molecule has 0 amide bonds. The van der Waals surface area contributed by atoms with Gasteiger partial charge in [-0.25, -0.2) is 9.97 Å². The molecule has 0 spiro atoms. The monoisotopic (exact) mass is 277 g/mol. The van der Waals surface area contributed by atoms with Crippen LogP contribution in [0.4, 0.5) is 5.82 Å². The molecule has 2 atom stereocenters. The first-order valence-electron chi connectivity index (χ1n) is 7.58. The lowest BCUT2D eigenvalue weighted by atomic mass is 9.94. The summed E-state index contributed by atoms with van der Waals surface area (Å²) < 4.78 is 0. The molecule has 4 rings (SSSR count). The molecule has 0 N–H and O–H groups in total. The van der Waals surface area contributed by atoms with E-state index in [9.17, 15) is 0 Å². The third-order valence-corrected chi connectivity index (χ3v) is 5.38. The second-order valence-electron chi connectivity index (χ2n) is 6.19. The first-order valence-corrected chi connectivity index (χ1v) is 8.01. The van der Waals surface area contributed by atoms with E-state index in [1.54, 1.807) is 6.33 Å². The van der Waals surface area contributed by atoms with Crippen LogP contribution in [0.15, 0.2) is 6.33 Å². The summed E-state index contributed by atoms with van der Waals surface area (Å²) in [4.78, 5) is 11.7. The summed E-state index contributed by atoms with van der Waals surface area (Å²) in [6.45, 7) is 0. The van der Waals surface area contributed by atoms with Crippen LogP contribution in [-0.2, 0) is 12.8 Å². The number of piperidine rings is 1. The summed E-state index contributed by atoms with van der Waals surface area (Å²) in [6, 6.07) is 1.23. The molecule has 2 aliphatic heterocycles. The van der Waals surface area contributed by atoms with Crippen molar-refractivity contribution in [3.63, 3.8) is 0 Å². The largest absolute Gasteiger partial charge is 0.350 e. The molecule has 3 heterocycles. The van der Waals surface area contributed by atoms with E-state index in [0.29, 0.717) is 17.5 Å². The number of nitrogens with zero attached hydrogens (tertiary/aromatic N) is 3. The van der Waals surface area contributed by atoms with Gasteiger partial charge < -0.3 is 4.90 Å². The average molecular weight is 278 g/mol. The summed E-state index contributed by atoms with van der Waals surface area (Å²) in [5, 5.41) is 0.367. The SMILES string of the molecule is ClC1CC2CCC(C1)N2c1ncnc2c1CCCC2. The minimum atomic E-state index is 0.367. The number of halogens is 1. The lowest BCUT2D eigenvalue weighted by Gasteiger charge is -2.39. The molecule has 1 aromatic heterocycles. The van der Waals surface area contributed by atoms with Crippen LogP contribution < -0.4 is 4.90 Å². The highest BCUT2D eigenvalue weighted by molar-refractivity contribution is 6.20. The lowest BCUT2D eigenvalue weighted by Crippen LogP contribution is -2.44. The van der Waals surface area contributed by atoms with Gasteiger partial charge in [-0.15, -0.1) is 11.6 Å². The zero-order valence-electron chi connectivity index (χ0n) is 11.2. The topological polar surface area (TPSA) is 29.0 Å². The number of hydrogen-bond acceptors (Lipinski definition) is 3. The zero-order valence-corrected chi connectivity index (χ0v) is 11.9. The third-order valence-electron chi connectivity index (χ3n) is 5.02. The summed E-state index contributed by atoms with van der Waals surface area (Å²) >= 11 is 6.38. The first kappa shape index (κ1) is 12.0. The molecule has 0 saturated carbocycles. The van der Waals surface area contributed by atoms with E-state index < -0.39 is 0 Å². The Labute approximate surface area is 119 Å². The number of anilines is 1. The van der Waals surface area contributed by atoms with E-state index in [-0.39, 0.29) is 0 Å². The Morgan fingerprint density at radius 2 is 1.79 bits per heavy atom. The van der Waals surface area contributed by atoms with Gasteiger partial charge in [0, 0.05) is 28.7 Å². The van der Waals surface area contributed by atoms with Crippen molar-refractivity contribution >= 4 is 17.4 Å². The smallest absolute Gasteiger partial charge is 0.135 e. The van der Waals surface area contributed by atoms with Gasteiger partial charge in [0.1, 0.15) is 12.1 Å². The number of aryl methyl sites for hydroxylation is 1. The quantitative estimate of drug-likeness (QED) is 0.739. The van der Waals surface area contributed by atoms with Crippen molar-refractivity contribution in [3.8, 4) is 0 Å². The van der Waals surface area contributed by atoms with Crippen molar-refractivity contribution in [1.82, 2.24) is 9.97 Å². The molecule has 3 aliphatic rings. The van der Waals surface area contributed by atoms with E-state index in [1.165, 1.54) is 42.8 Å². The summed E-state index contributed by atoms with van der Waals surface area (Å²) in [5.74, 6) is 1.24. The van der Waals surface area contributed by atoms with Gasteiger partial charge >= 0.3 is 0 Å². The second kappa shape index (κ2) is 4.62. The Bertz CT molecular complexity index is 476. The van der Waals surface area contributed by atoms with Crippen LogP contribution in [0, 0.1) is 0 Å². The number of aromatic nitrogens is 2. The average Bonchev–Trinajstić information content (AvgIpc) is 2.70. The first-order chi connectivity index (χ1) is 9.33. The van der Waals surface area contributed by atoms with Crippen LogP contribution in [0.1, 0.15) is 49.8 Å². The maximum atomic E-state index is 6.38. The maximum Gasteiger partial charge on any atom is 0.135 e. The fraction of sp³-hybridized carbons (Fsp3) is 0.733. The third kappa shape index (κ3) is 1.94. The second-order valence-corrected chi connectivity index (χ2v) is 6.81. The highest BCUT2D eigenvalue weighted by Gasteiger charge is 2.41. The Morgan fingerprint density at radius 1 is 1.05 bits per heavy atom. The molecule has 0 radical (unpaired) electrons. The van der Waals surface area contributed by atoms with Gasteiger partial charge in [-0.3, -0.25) is 0 Å². The van der Waals surface area contributed by atoms with Gasteiger partial charge in [0.05, 0.1) is 0 Å². The Hall–Kier alpha value is -0.830. The molecule has 2 fully saturated rings. The van der Waals surface area contributed by atoms with Crippen molar-refractivity contribution in [3.05, 3.63) is 17.6 Å². The number of alkyl halides is 1. The Morgan fingerprint density at radius 3 is 2.58 bits per heavy atom. The number of hydrogen-bond donors (Lipinski definition) is 0.